The van der Waals surface area contributed by atoms with E-state index in [1.165, 1.54) is 31.2 Å². The number of rotatable bonds is 10. The van der Waals surface area contributed by atoms with Gasteiger partial charge in [-0.05, 0) is 56.4 Å². The lowest BCUT2D eigenvalue weighted by molar-refractivity contribution is 0.0778. The molecule has 1 aliphatic heterocycles. The van der Waals surface area contributed by atoms with E-state index < -0.39 is 0 Å². The molecule has 2 atom stereocenters. The molecular weight excluding hydrogens is 487 g/mol. The Morgan fingerprint density at radius 2 is 2.00 bits per heavy atom. The zero-order chi connectivity index (χ0) is 20.5. The molecule has 170 valence electrons. The van der Waals surface area contributed by atoms with Gasteiger partial charge in [0.25, 0.3) is 0 Å². The quantitative estimate of drug-likeness (QED) is 0.271. The summed E-state index contributed by atoms with van der Waals surface area (Å²) in [5.41, 5.74) is 1.77. The van der Waals surface area contributed by atoms with Crippen LogP contribution in [0.2, 0.25) is 0 Å². The molecule has 2 N–H and O–H groups in total. The van der Waals surface area contributed by atoms with Gasteiger partial charge < -0.3 is 15.4 Å². The molecule has 0 amide bonds. The Morgan fingerprint density at radius 1 is 1.23 bits per heavy atom. The third-order valence-corrected chi connectivity index (χ3v) is 6.74. The molecule has 1 aromatic rings. The van der Waals surface area contributed by atoms with Gasteiger partial charge in [-0.2, -0.15) is 0 Å². The van der Waals surface area contributed by atoms with Gasteiger partial charge in [-0.1, -0.05) is 36.8 Å². The van der Waals surface area contributed by atoms with E-state index in [0.29, 0.717) is 17.4 Å². The Hall–Kier alpha value is -0.860. The average Bonchev–Trinajstić information content (AvgIpc) is 3.05. The van der Waals surface area contributed by atoms with Crippen molar-refractivity contribution in [3.8, 4) is 0 Å². The van der Waals surface area contributed by atoms with E-state index in [1.807, 2.05) is 0 Å². The van der Waals surface area contributed by atoms with Crippen LogP contribution in [-0.2, 0) is 11.3 Å². The standard InChI is InChI=1S/C24H40N4O.HI/c1-4-25-23(27-19-24(11-8-12-24)13-14-29-3)26-16-22-15-20(2)28(18-22)17-21-9-6-5-7-10-21;/h5-7,9-10,20,22H,4,8,11-19H2,1-3H3,(H2,25,26,27);1H. The van der Waals surface area contributed by atoms with Crippen LogP contribution in [0.5, 0.6) is 0 Å². The van der Waals surface area contributed by atoms with Crippen LogP contribution in [0, 0.1) is 11.3 Å². The summed E-state index contributed by atoms with van der Waals surface area (Å²) >= 11 is 0. The lowest BCUT2D eigenvalue weighted by Gasteiger charge is -2.40. The molecule has 1 saturated heterocycles. The molecule has 3 rings (SSSR count). The minimum absolute atomic E-state index is 0. The van der Waals surface area contributed by atoms with E-state index in [2.05, 4.69) is 59.7 Å². The lowest BCUT2D eigenvalue weighted by Crippen LogP contribution is -2.42. The molecule has 0 radical (unpaired) electrons. The topological polar surface area (TPSA) is 48.9 Å². The van der Waals surface area contributed by atoms with Crippen molar-refractivity contribution in [1.29, 1.82) is 0 Å². The molecule has 5 nitrogen and oxygen atoms in total. The summed E-state index contributed by atoms with van der Waals surface area (Å²) in [6.45, 7) is 10.3. The number of hydrogen-bond donors (Lipinski definition) is 2. The fourth-order valence-corrected chi connectivity index (χ4v) is 4.72. The number of methoxy groups -OCH3 is 1. The van der Waals surface area contributed by atoms with Crippen LogP contribution >= 0.6 is 24.0 Å². The van der Waals surface area contributed by atoms with Crippen molar-refractivity contribution in [3.05, 3.63) is 35.9 Å². The number of aliphatic imine (C=N–C) groups is 1. The van der Waals surface area contributed by atoms with E-state index >= 15 is 0 Å². The highest BCUT2D eigenvalue weighted by atomic mass is 127. The van der Waals surface area contributed by atoms with Crippen LogP contribution in [0.1, 0.15) is 51.5 Å². The molecule has 1 heterocycles. The minimum Gasteiger partial charge on any atom is -0.385 e. The highest BCUT2D eigenvalue weighted by Gasteiger charge is 2.36. The lowest BCUT2D eigenvalue weighted by atomic mass is 9.67. The van der Waals surface area contributed by atoms with Gasteiger partial charge in [0.05, 0.1) is 0 Å². The van der Waals surface area contributed by atoms with Crippen LogP contribution in [0.4, 0.5) is 0 Å². The number of nitrogens with zero attached hydrogens (tertiary/aromatic N) is 2. The zero-order valence-electron chi connectivity index (χ0n) is 19.0. The molecule has 30 heavy (non-hydrogen) atoms. The summed E-state index contributed by atoms with van der Waals surface area (Å²) in [6.07, 6.45) is 6.28. The predicted octanol–water partition coefficient (Wildman–Crippen LogP) is 4.28. The largest absolute Gasteiger partial charge is 0.385 e. The fourth-order valence-electron chi connectivity index (χ4n) is 4.72. The number of nitrogens with one attached hydrogen (secondary N) is 2. The van der Waals surface area contributed by atoms with Gasteiger partial charge in [0.15, 0.2) is 5.96 Å². The Kier molecular flexibility index (Phi) is 10.9. The van der Waals surface area contributed by atoms with Gasteiger partial charge in [-0.15, -0.1) is 24.0 Å². The maximum atomic E-state index is 5.32. The molecule has 0 spiro atoms. The maximum absolute atomic E-state index is 5.32. The summed E-state index contributed by atoms with van der Waals surface area (Å²) in [6, 6.07) is 11.5. The zero-order valence-corrected chi connectivity index (χ0v) is 21.4. The Balaban J connectivity index is 0.00000320. The van der Waals surface area contributed by atoms with Gasteiger partial charge in [-0.3, -0.25) is 9.89 Å². The first kappa shape index (κ1) is 25.4. The average molecular weight is 529 g/mol. The molecule has 0 bridgehead atoms. The van der Waals surface area contributed by atoms with Crippen molar-refractivity contribution in [3.63, 3.8) is 0 Å². The van der Waals surface area contributed by atoms with Gasteiger partial charge in [0.2, 0.25) is 0 Å². The van der Waals surface area contributed by atoms with Gasteiger partial charge in [0, 0.05) is 52.5 Å². The number of ether oxygens (including phenoxy) is 1. The van der Waals surface area contributed by atoms with Crippen molar-refractivity contribution in [1.82, 2.24) is 15.5 Å². The van der Waals surface area contributed by atoms with Gasteiger partial charge in [0.1, 0.15) is 0 Å². The minimum atomic E-state index is 0. The summed E-state index contributed by atoms with van der Waals surface area (Å²) in [4.78, 5) is 7.56. The fraction of sp³-hybridized carbons (Fsp3) is 0.708. The van der Waals surface area contributed by atoms with Crippen molar-refractivity contribution in [2.75, 3.05) is 39.9 Å². The van der Waals surface area contributed by atoms with Crippen molar-refractivity contribution in [2.24, 2.45) is 16.3 Å². The molecule has 2 fully saturated rings. The summed E-state index contributed by atoms with van der Waals surface area (Å²) in [5, 5.41) is 7.07. The van der Waals surface area contributed by atoms with Crippen LogP contribution in [0.25, 0.3) is 0 Å². The smallest absolute Gasteiger partial charge is 0.191 e. The highest BCUT2D eigenvalue weighted by Crippen LogP contribution is 2.44. The van der Waals surface area contributed by atoms with Crippen LogP contribution in [0.15, 0.2) is 35.3 Å². The third-order valence-electron chi connectivity index (χ3n) is 6.74. The predicted molar refractivity (Wildman–Crippen MR) is 137 cm³/mol. The monoisotopic (exact) mass is 528 g/mol. The second kappa shape index (κ2) is 12.9. The first-order valence-corrected chi connectivity index (χ1v) is 11.4. The van der Waals surface area contributed by atoms with Gasteiger partial charge >= 0.3 is 0 Å². The molecule has 0 aromatic heterocycles. The summed E-state index contributed by atoms with van der Waals surface area (Å²) in [7, 11) is 1.80. The van der Waals surface area contributed by atoms with E-state index in [9.17, 15) is 0 Å². The van der Waals surface area contributed by atoms with Crippen molar-refractivity contribution in [2.45, 2.75) is 58.5 Å². The maximum Gasteiger partial charge on any atom is 0.191 e. The third kappa shape index (κ3) is 7.38. The Labute approximate surface area is 200 Å². The molecule has 1 saturated carbocycles. The molecule has 6 heteroatoms. The summed E-state index contributed by atoms with van der Waals surface area (Å²) < 4.78 is 5.32. The van der Waals surface area contributed by atoms with Gasteiger partial charge in [-0.25, -0.2) is 0 Å². The molecular formula is C24H41IN4O. The number of guanidine groups is 1. The second-order valence-electron chi connectivity index (χ2n) is 9.04. The molecule has 1 aliphatic carbocycles. The number of halogens is 1. The van der Waals surface area contributed by atoms with E-state index in [0.717, 1.165) is 51.7 Å². The number of likely N-dealkylation sites (tertiary alicyclic amines) is 1. The second-order valence-corrected chi connectivity index (χ2v) is 9.04. The molecule has 2 unspecified atom stereocenters. The van der Waals surface area contributed by atoms with E-state index in [-0.39, 0.29) is 24.0 Å². The first-order valence-electron chi connectivity index (χ1n) is 11.4. The van der Waals surface area contributed by atoms with Crippen molar-refractivity contribution < 1.29 is 4.74 Å². The summed E-state index contributed by atoms with van der Waals surface area (Å²) in [5.74, 6) is 1.65. The van der Waals surface area contributed by atoms with Crippen LogP contribution < -0.4 is 10.6 Å². The Bertz CT molecular complexity index is 635. The van der Waals surface area contributed by atoms with E-state index in [1.54, 1.807) is 7.11 Å². The van der Waals surface area contributed by atoms with Crippen molar-refractivity contribution >= 4 is 29.9 Å². The SMILES string of the molecule is CCNC(=NCC1(CCOC)CCC1)NCC1CC(C)N(Cc2ccccc2)C1.I. The molecule has 2 aliphatic rings. The van der Waals surface area contributed by atoms with Crippen LogP contribution in [0.3, 0.4) is 0 Å². The Morgan fingerprint density at radius 3 is 2.63 bits per heavy atom. The van der Waals surface area contributed by atoms with E-state index in [4.69, 9.17) is 9.73 Å². The normalized spacial score (nSPS) is 23.5. The number of benzene rings is 1. The molecule has 1 aromatic carbocycles. The first-order chi connectivity index (χ1) is 14.1. The van der Waals surface area contributed by atoms with Crippen LogP contribution in [-0.4, -0.2) is 56.8 Å². The number of hydrogen-bond acceptors (Lipinski definition) is 3. The highest BCUT2D eigenvalue weighted by molar-refractivity contribution is 14.0.